The third-order valence-electron chi connectivity index (χ3n) is 9.15. The Labute approximate surface area is 211 Å². The van der Waals surface area contributed by atoms with Gasteiger partial charge in [0.2, 0.25) is 5.69 Å². The third-order valence-corrected chi connectivity index (χ3v) is 9.15. The van der Waals surface area contributed by atoms with Gasteiger partial charge in [-0.2, -0.15) is 0 Å². The van der Waals surface area contributed by atoms with E-state index in [0.29, 0.717) is 23.0 Å². The van der Waals surface area contributed by atoms with Crippen molar-refractivity contribution in [2.75, 3.05) is 0 Å². The lowest BCUT2D eigenvalue weighted by atomic mass is 9.77. The first-order valence-corrected chi connectivity index (χ1v) is 13.1. The van der Waals surface area contributed by atoms with Crippen LogP contribution in [0.1, 0.15) is 55.7 Å². The van der Waals surface area contributed by atoms with E-state index in [-0.39, 0.29) is 11.2 Å². The topological polar surface area (TPSA) is 17.0 Å². The normalized spacial score (nSPS) is 20.2. The van der Waals surface area contributed by atoms with Gasteiger partial charge in [0.05, 0.1) is 11.1 Å². The molecule has 0 amide bonds. The average Bonchev–Trinajstić information content (AvgIpc) is 3.54. The van der Waals surface area contributed by atoms with Crippen LogP contribution in [-0.2, 0) is 12.5 Å². The summed E-state index contributed by atoms with van der Waals surface area (Å²) in [5.41, 5.74) is 9.25. The molecule has 0 aliphatic heterocycles. The summed E-state index contributed by atoms with van der Waals surface area (Å²) in [7, 11) is 2.05. The zero-order valence-corrected chi connectivity index (χ0v) is 21.4. The fourth-order valence-corrected chi connectivity index (χ4v) is 7.36. The maximum absolute atomic E-state index is 15.6. The number of rotatable bonds is 2. The number of aromatic nitrogens is 1. The molecule has 2 aliphatic carbocycles. The highest BCUT2D eigenvalue weighted by Crippen LogP contribution is 2.58. The van der Waals surface area contributed by atoms with E-state index in [1.54, 1.807) is 6.07 Å². The Balaban J connectivity index is 1.49. The lowest BCUT2D eigenvalue weighted by molar-refractivity contribution is -0.660. The number of furan rings is 1. The average molecular weight is 477 g/mol. The van der Waals surface area contributed by atoms with Crippen molar-refractivity contribution in [3.63, 3.8) is 0 Å². The Hall–Kier alpha value is -3.46. The number of nitrogens with zero attached hydrogens (tertiary/aromatic N) is 1. The molecule has 1 saturated carbocycles. The molecule has 0 spiro atoms. The van der Waals surface area contributed by atoms with E-state index >= 15 is 4.39 Å². The molecular formula is C33H31FNO+. The van der Waals surface area contributed by atoms with Crippen LogP contribution in [0, 0.1) is 18.7 Å². The van der Waals surface area contributed by atoms with Gasteiger partial charge in [0, 0.05) is 22.9 Å². The third kappa shape index (κ3) is 2.86. The van der Waals surface area contributed by atoms with Gasteiger partial charge < -0.3 is 4.42 Å². The predicted octanol–water partition coefficient (Wildman–Crippen LogP) is 8.37. The van der Waals surface area contributed by atoms with E-state index in [2.05, 4.69) is 61.7 Å². The molecule has 0 saturated heterocycles. The molecule has 2 unspecified atom stereocenters. The second-order valence-corrected chi connectivity index (χ2v) is 11.4. The molecule has 7 rings (SSSR count). The highest BCUT2D eigenvalue weighted by Gasteiger charge is 2.48. The number of fused-ring (bicyclic) bond motifs is 6. The molecule has 36 heavy (non-hydrogen) atoms. The van der Waals surface area contributed by atoms with Crippen molar-refractivity contribution >= 4 is 21.9 Å². The molecule has 3 aromatic carbocycles. The second kappa shape index (κ2) is 7.52. The number of benzene rings is 3. The van der Waals surface area contributed by atoms with Gasteiger partial charge in [-0.15, -0.1) is 0 Å². The van der Waals surface area contributed by atoms with Gasteiger partial charge in [0.15, 0.2) is 6.20 Å². The van der Waals surface area contributed by atoms with Gasteiger partial charge in [-0.25, -0.2) is 8.96 Å². The van der Waals surface area contributed by atoms with Crippen molar-refractivity contribution < 1.29 is 13.4 Å². The van der Waals surface area contributed by atoms with Gasteiger partial charge in [0.25, 0.3) is 0 Å². The van der Waals surface area contributed by atoms with Crippen molar-refractivity contribution in [1.82, 2.24) is 0 Å². The lowest BCUT2D eigenvalue weighted by Gasteiger charge is -2.27. The number of hydrogen-bond donors (Lipinski definition) is 0. The van der Waals surface area contributed by atoms with E-state index in [4.69, 9.17) is 4.42 Å². The standard InChI is InChI=1S/C33H31FNO/c1-19-11-13-22-23-14-16-27(34)30(32(23)36-31(22)29(19)28-10-5-6-17-35(28)4)20-12-15-26-24(18-20)21-8-7-9-25(21)33(26,2)3/h5-6,10-18,21,25H,7-9H2,1-4H3/q+1. The minimum Gasteiger partial charge on any atom is -0.454 e. The molecule has 3 heteroatoms. The van der Waals surface area contributed by atoms with E-state index in [1.165, 1.54) is 30.4 Å². The van der Waals surface area contributed by atoms with E-state index in [0.717, 1.165) is 38.7 Å². The molecule has 1 fully saturated rings. The summed E-state index contributed by atoms with van der Waals surface area (Å²) < 4.78 is 24.4. The first-order valence-electron chi connectivity index (χ1n) is 13.1. The largest absolute Gasteiger partial charge is 0.454 e. The summed E-state index contributed by atoms with van der Waals surface area (Å²) >= 11 is 0. The monoisotopic (exact) mass is 476 g/mol. The molecule has 0 radical (unpaired) electrons. The Bertz CT molecular complexity index is 1690. The highest BCUT2D eigenvalue weighted by atomic mass is 19.1. The minimum atomic E-state index is -0.231. The Morgan fingerprint density at radius 3 is 2.50 bits per heavy atom. The minimum absolute atomic E-state index is 0.177. The first-order chi connectivity index (χ1) is 17.4. The Morgan fingerprint density at radius 1 is 0.917 bits per heavy atom. The van der Waals surface area contributed by atoms with Gasteiger partial charge in [-0.1, -0.05) is 50.6 Å². The van der Waals surface area contributed by atoms with Crippen molar-refractivity contribution in [1.29, 1.82) is 0 Å². The van der Waals surface area contributed by atoms with Crippen molar-refractivity contribution in [2.24, 2.45) is 13.0 Å². The maximum atomic E-state index is 15.6. The summed E-state index contributed by atoms with van der Waals surface area (Å²) in [6.07, 6.45) is 5.85. The molecule has 2 atom stereocenters. The molecule has 5 aromatic rings. The van der Waals surface area contributed by atoms with Crippen molar-refractivity contribution in [3.8, 4) is 22.4 Å². The second-order valence-electron chi connectivity index (χ2n) is 11.4. The van der Waals surface area contributed by atoms with Crippen molar-refractivity contribution in [3.05, 3.63) is 89.4 Å². The van der Waals surface area contributed by atoms with Crippen LogP contribution in [0.15, 0.2) is 71.3 Å². The lowest BCUT2D eigenvalue weighted by Crippen LogP contribution is -2.30. The van der Waals surface area contributed by atoms with Crippen LogP contribution in [0.4, 0.5) is 4.39 Å². The number of aryl methyl sites for hydroxylation is 2. The van der Waals surface area contributed by atoms with Gasteiger partial charge in [-0.3, -0.25) is 0 Å². The van der Waals surface area contributed by atoms with Gasteiger partial charge >= 0.3 is 0 Å². The molecule has 2 heterocycles. The summed E-state index contributed by atoms with van der Waals surface area (Å²) in [5, 5.41) is 1.98. The number of halogens is 1. The molecule has 2 nitrogen and oxygen atoms in total. The quantitative estimate of drug-likeness (QED) is 0.234. The van der Waals surface area contributed by atoms with E-state index < -0.39 is 0 Å². The van der Waals surface area contributed by atoms with Crippen LogP contribution < -0.4 is 4.57 Å². The van der Waals surface area contributed by atoms with Crippen LogP contribution in [0.2, 0.25) is 0 Å². The fourth-order valence-electron chi connectivity index (χ4n) is 7.36. The Kier molecular flexibility index (Phi) is 4.55. The van der Waals surface area contributed by atoms with Gasteiger partial charge in [0.1, 0.15) is 24.0 Å². The van der Waals surface area contributed by atoms with Crippen LogP contribution in [0.25, 0.3) is 44.3 Å². The molecule has 180 valence electrons. The Morgan fingerprint density at radius 2 is 1.69 bits per heavy atom. The van der Waals surface area contributed by atoms with Crippen molar-refractivity contribution in [2.45, 2.75) is 51.4 Å². The maximum Gasteiger partial charge on any atom is 0.216 e. The summed E-state index contributed by atoms with van der Waals surface area (Å²) in [5.74, 6) is 1.04. The van der Waals surface area contributed by atoms with E-state index in [9.17, 15) is 0 Å². The molecule has 2 aromatic heterocycles. The molecular weight excluding hydrogens is 445 g/mol. The predicted molar refractivity (Wildman–Crippen MR) is 144 cm³/mol. The van der Waals surface area contributed by atoms with Crippen LogP contribution >= 0.6 is 0 Å². The zero-order valence-electron chi connectivity index (χ0n) is 21.4. The summed E-state index contributed by atoms with van der Waals surface area (Å²) in [4.78, 5) is 0. The SMILES string of the molecule is Cc1ccc2c(oc3c(-c4ccc5c(c4)C4CCCC4C5(C)C)c(F)ccc32)c1-c1cccc[n+]1C. The summed E-state index contributed by atoms with van der Waals surface area (Å²) in [6.45, 7) is 6.88. The molecule has 0 N–H and O–H groups in total. The number of pyridine rings is 1. The first kappa shape index (κ1) is 21.8. The molecule has 0 bridgehead atoms. The van der Waals surface area contributed by atoms with Crippen LogP contribution in [0.5, 0.6) is 0 Å². The smallest absolute Gasteiger partial charge is 0.216 e. The summed E-state index contributed by atoms with van der Waals surface area (Å²) in [6, 6.07) is 20.5. The fraction of sp³-hybridized carbons (Fsp3) is 0.303. The van der Waals surface area contributed by atoms with Gasteiger partial charge in [-0.05, 0) is 77.5 Å². The highest BCUT2D eigenvalue weighted by molar-refractivity contribution is 6.13. The van der Waals surface area contributed by atoms with E-state index in [1.807, 2.05) is 31.4 Å². The number of hydrogen-bond acceptors (Lipinski definition) is 1. The van der Waals surface area contributed by atoms with Crippen LogP contribution in [0.3, 0.4) is 0 Å². The zero-order chi connectivity index (χ0) is 24.8. The van der Waals surface area contributed by atoms with Crippen LogP contribution in [-0.4, -0.2) is 0 Å². The molecule has 2 aliphatic rings.